The maximum Gasteiger partial charge on any atom is 0.257 e. The average molecular weight is 457 g/mol. The van der Waals surface area contributed by atoms with Crippen LogP contribution in [0.5, 0.6) is 0 Å². The van der Waals surface area contributed by atoms with Gasteiger partial charge in [-0.1, -0.05) is 18.2 Å². The van der Waals surface area contributed by atoms with Crippen molar-refractivity contribution in [2.75, 3.05) is 37.6 Å². The number of nitrogens with zero attached hydrogens (tertiary/aromatic N) is 6. The quantitative estimate of drug-likeness (QED) is 0.455. The third-order valence-electron chi connectivity index (χ3n) is 6.31. The number of carbonyl (C=O) groups excluding carboxylic acids is 1. The highest BCUT2D eigenvalue weighted by molar-refractivity contribution is 6.03. The lowest BCUT2D eigenvalue weighted by atomic mass is 10.1. The molecule has 2 aliphatic rings. The molecule has 0 unspecified atom stereocenters. The van der Waals surface area contributed by atoms with E-state index in [0.29, 0.717) is 17.9 Å². The number of para-hydroxylation sites is 1. The Hall–Kier alpha value is -3.98. The second-order valence-corrected chi connectivity index (χ2v) is 8.48. The number of aromatic nitrogens is 2. The van der Waals surface area contributed by atoms with Gasteiger partial charge in [-0.15, -0.1) is 0 Å². The molecular formula is C25H24N6O3. The number of carbonyl (C=O) groups is 1. The zero-order valence-electron chi connectivity index (χ0n) is 18.6. The van der Waals surface area contributed by atoms with Crippen molar-refractivity contribution < 1.29 is 13.6 Å². The normalized spacial score (nSPS) is 19.1. The van der Waals surface area contributed by atoms with Crippen molar-refractivity contribution in [1.29, 1.82) is 0 Å². The highest BCUT2D eigenvalue weighted by atomic mass is 16.3. The standard InChI is InChI=1S/C25H24N6O3/c32-24(17-29-10-12-30(13-11-29)25-26-8-4-9-27-25)31-20(22-7-3-14-33-22)16-19(28-31)23-15-18-5-1-2-6-21(18)34-23/h1-9,14-15,20H,10-13,16-17H2/t20-/m1/s1. The molecule has 1 atom stereocenters. The molecule has 9 nitrogen and oxygen atoms in total. The molecule has 0 N–H and O–H groups in total. The number of piperazine rings is 1. The summed E-state index contributed by atoms with van der Waals surface area (Å²) >= 11 is 0. The largest absolute Gasteiger partial charge is 0.467 e. The minimum atomic E-state index is -0.287. The Morgan fingerprint density at radius 2 is 1.82 bits per heavy atom. The molecule has 1 aromatic carbocycles. The lowest BCUT2D eigenvalue weighted by Crippen LogP contribution is -2.50. The highest BCUT2D eigenvalue weighted by Gasteiger charge is 2.36. The molecule has 1 amide bonds. The van der Waals surface area contributed by atoms with Crippen molar-refractivity contribution in [2.24, 2.45) is 5.10 Å². The first-order chi connectivity index (χ1) is 16.7. The van der Waals surface area contributed by atoms with Crippen LogP contribution in [-0.4, -0.2) is 64.2 Å². The number of hydrazone groups is 1. The summed E-state index contributed by atoms with van der Waals surface area (Å²) in [6.07, 6.45) is 5.66. The molecule has 0 aliphatic carbocycles. The zero-order valence-corrected chi connectivity index (χ0v) is 18.6. The van der Waals surface area contributed by atoms with Gasteiger partial charge in [0.2, 0.25) is 5.95 Å². The maximum absolute atomic E-state index is 13.4. The maximum atomic E-state index is 13.4. The van der Waals surface area contributed by atoms with Crippen molar-refractivity contribution in [2.45, 2.75) is 12.5 Å². The number of furan rings is 2. The lowest BCUT2D eigenvalue weighted by molar-refractivity contribution is -0.134. The summed E-state index contributed by atoms with van der Waals surface area (Å²) in [6, 6.07) is 15.1. The number of hydrogen-bond donors (Lipinski definition) is 0. The Bertz CT molecular complexity index is 1280. The van der Waals surface area contributed by atoms with Gasteiger partial charge in [0.1, 0.15) is 23.1 Å². The van der Waals surface area contributed by atoms with Crippen molar-refractivity contribution in [3.8, 4) is 0 Å². The predicted octanol–water partition coefficient (Wildman–Crippen LogP) is 3.32. The van der Waals surface area contributed by atoms with Crippen molar-refractivity contribution >= 4 is 28.5 Å². The Labute approximate surface area is 196 Å². The van der Waals surface area contributed by atoms with E-state index in [0.717, 1.165) is 48.8 Å². The molecule has 2 aliphatic heterocycles. The van der Waals surface area contributed by atoms with E-state index in [-0.39, 0.29) is 18.5 Å². The Morgan fingerprint density at radius 1 is 1.00 bits per heavy atom. The lowest BCUT2D eigenvalue weighted by Gasteiger charge is -2.34. The van der Waals surface area contributed by atoms with Gasteiger partial charge in [-0.05, 0) is 30.3 Å². The first kappa shape index (κ1) is 20.6. The molecule has 3 aromatic heterocycles. The van der Waals surface area contributed by atoms with Gasteiger partial charge in [0, 0.05) is 50.4 Å². The van der Waals surface area contributed by atoms with E-state index in [1.807, 2.05) is 48.5 Å². The predicted molar refractivity (Wildman–Crippen MR) is 126 cm³/mol. The molecule has 9 heteroatoms. The van der Waals surface area contributed by atoms with Gasteiger partial charge in [-0.25, -0.2) is 15.0 Å². The summed E-state index contributed by atoms with van der Waals surface area (Å²) in [5.74, 6) is 2.07. The van der Waals surface area contributed by atoms with Crippen LogP contribution in [0.3, 0.4) is 0 Å². The molecule has 6 rings (SSSR count). The Balaban J connectivity index is 1.18. The number of rotatable bonds is 5. The first-order valence-corrected chi connectivity index (χ1v) is 11.4. The van der Waals surface area contributed by atoms with Crippen LogP contribution in [0, 0.1) is 0 Å². The molecule has 4 aromatic rings. The SMILES string of the molecule is O=C(CN1CCN(c2ncccn2)CC1)N1N=C(c2cc3ccccc3o2)C[C@@H]1c1ccco1. The fourth-order valence-electron chi connectivity index (χ4n) is 4.54. The van der Waals surface area contributed by atoms with Crippen molar-refractivity contribution in [3.63, 3.8) is 0 Å². The number of anilines is 1. The molecule has 1 fully saturated rings. The molecule has 172 valence electrons. The molecule has 0 radical (unpaired) electrons. The van der Waals surface area contributed by atoms with Crippen LogP contribution in [0.25, 0.3) is 11.0 Å². The van der Waals surface area contributed by atoms with Crippen LogP contribution in [0.15, 0.2) is 81.1 Å². The van der Waals surface area contributed by atoms with E-state index in [1.165, 1.54) is 0 Å². The van der Waals surface area contributed by atoms with Gasteiger partial charge in [-0.2, -0.15) is 5.10 Å². The van der Waals surface area contributed by atoms with Gasteiger partial charge < -0.3 is 13.7 Å². The van der Waals surface area contributed by atoms with Gasteiger partial charge in [0.05, 0.1) is 12.8 Å². The van der Waals surface area contributed by atoms with Crippen LogP contribution in [0.4, 0.5) is 5.95 Å². The smallest absolute Gasteiger partial charge is 0.257 e. The second-order valence-electron chi connectivity index (χ2n) is 8.48. The molecule has 0 spiro atoms. The Kier molecular flexibility index (Phi) is 5.31. The van der Waals surface area contributed by atoms with E-state index in [4.69, 9.17) is 13.9 Å². The number of hydrogen-bond acceptors (Lipinski definition) is 8. The molecule has 1 saturated heterocycles. The minimum Gasteiger partial charge on any atom is -0.467 e. The van der Waals surface area contributed by atoms with E-state index in [2.05, 4.69) is 19.8 Å². The molecule has 0 saturated carbocycles. The van der Waals surface area contributed by atoms with Crippen LogP contribution in [0.1, 0.15) is 24.0 Å². The monoisotopic (exact) mass is 456 g/mol. The van der Waals surface area contributed by atoms with E-state index in [1.54, 1.807) is 23.7 Å². The summed E-state index contributed by atoms with van der Waals surface area (Å²) in [4.78, 5) is 26.3. The van der Waals surface area contributed by atoms with Crippen LogP contribution >= 0.6 is 0 Å². The summed E-state index contributed by atoms with van der Waals surface area (Å²) in [5, 5.41) is 7.29. The fraction of sp³-hybridized carbons (Fsp3) is 0.280. The van der Waals surface area contributed by atoms with Gasteiger partial charge in [-0.3, -0.25) is 9.69 Å². The number of fused-ring (bicyclic) bond motifs is 1. The number of benzene rings is 1. The number of amides is 1. The third-order valence-corrected chi connectivity index (χ3v) is 6.31. The van der Waals surface area contributed by atoms with Crippen molar-refractivity contribution in [3.05, 3.63) is 78.7 Å². The molecule has 5 heterocycles. The molecule has 34 heavy (non-hydrogen) atoms. The topological polar surface area (TPSA) is 91.2 Å². The molecular weight excluding hydrogens is 432 g/mol. The van der Waals surface area contributed by atoms with E-state index >= 15 is 0 Å². The average Bonchev–Trinajstić information content (AvgIpc) is 3.64. The second kappa shape index (κ2) is 8.75. The van der Waals surface area contributed by atoms with Crippen LogP contribution < -0.4 is 4.90 Å². The summed E-state index contributed by atoms with van der Waals surface area (Å²) in [7, 11) is 0. The van der Waals surface area contributed by atoms with E-state index < -0.39 is 0 Å². The fourth-order valence-corrected chi connectivity index (χ4v) is 4.54. The van der Waals surface area contributed by atoms with Gasteiger partial charge in [0.15, 0.2) is 5.76 Å². The van der Waals surface area contributed by atoms with Crippen LogP contribution in [0.2, 0.25) is 0 Å². The summed E-state index contributed by atoms with van der Waals surface area (Å²) in [6.45, 7) is 3.34. The Morgan fingerprint density at radius 3 is 2.59 bits per heavy atom. The summed E-state index contributed by atoms with van der Waals surface area (Å²) in [5.41, 5.74) is 1.55. The highest BCUT2D eigenvalue weighted by Crippen LogP contribution is 2.34. The van der Waals surface area contributed by atoms with Crippen LogP contribution in [-0.2, 0) is 4.79 Å². The van der Waals surface area contributed by atoms with Gasteiger partial charge >= 0.3 is 0 Å². The summed E-state index contributed by atoms with van der Waals surface area (Å²) < 4.78 is 11.7. The molecule has 0 bridgehead atoms. The van der Waals surface area contributed by atoms with Gasteiger partial charge in [0.25, 0.3) is 5.91 Å². The van der Waals surface area contributed by atoms with Crippen molar-refractivity contribution in [1.82, 2.24) is 19.9 Å². The first-order valence-electron chi connectivity index (χ1n) is 11.4. The third kappa shape index (κ3) is 3.94. The zero-order chi connectivity index (χ0) is 22.9. The minimum absolute atomic E-state index is 0.0584. The van der Waals surface area contributed by atoms with E-state index in [9.17, 15) is 4.79 Å².